The highest BCUT2D eigenvalue weighted by Gasteiger charge is 2.42. The lowest BCUT2D eigenvalue weighted by atomic mass is 10.1. The van der Waals surface area contributed by atoms with Crippen molar-refractivity contribution >= 4 is 40.7 Å². The molecule has 1 aliphatic rings. The Hall–Kier alpha value is -1.65. The average molecular weight is 292 g/mol. The first-order valence-corrected chi connectivity index (χ1v) is 7.15. The van der Waals surface area contributed by atoms with Gasteiger partial charge in [0.25, 0.3) is 5.91 Å². The van der Waals surface area contributed by atoms with Gasteiger partial charge in [0.2, 0.25) is 0 Å². The first-order valence-electron chi connectivity index (χ1n) is 5.51. The molecule has 5 nitrogen and oxygen atoms in total. The zero-order valence-corrected chi connectivity index (χ0v) is 12.4. The fourth-order valence-electron chi connectivity index (χ4n) is 1.78. The Morgan fingerprint density at radius 1 is 1.58 bits per heavy atom. The minimum Gasteiger partial charge on any atom is -0.348 e. The van der Waals surface area contributed by atoms with Crippen molar-refractivity contribution in [3.8, 4) is 6.07 Å². The molecule has 19 heavy (non-hydrogen) atoms. The molecule has 0 atom stereocenters. The summed E-state index contributed by atoms with van der Waals surface area (Å²) in [7, 11) is 0. The third-order valence-corrected chi connectivity index (χ3v) is 3.82. The largest absolute Gasteiger partial charge is 0.348 e. The van der Waals surface area contributed by atoms with E-state index in [1.807, 2.05) is 12.3 Å². The molecule has 0 unspecified atom stereocenters. The van der Waals surface area contributed by atoms with Gasteiger partial charge < -0.3 is 5.32 Å². The summed E-state index contributed by atoms with van der Waals surface area (Å²) in [4.78, 5) is 18.5. The number of aromatic nitrogens is 1. The SMILES string of the molecule is CSc1cc(N2C(=O)C(C)(C)NC2=S)cnc1C#N. The lowest BCUT2D eigenvalue weighted by Gasteiger charge is -2.17. The van der Waals surface area contributed by atoms with Gasteiger partial charge in [-0.05, 0) is 38.4 Å². The van der Waals surface area contributed by atoms with Crippen LogP contribution >= 0.6 is 24.0 Å². The van der Waals surface area contributed by atoms with Gasteiger partial charge in [0, 0.05) is 4.90 Å². The summed E-state index contributed by atoms with van der Waals surface area (Å²) < 4.78 is 0. The number of nitrogens with zero attached hydrogens (tertiary/aromatic N) is 3. The molecule has 0 saturated carbocycles. The molecular formula is C12H12N4OS2. The molecular weight excluding hydrogens is 280 g/mol. The maximum atomic E-state index is 12.3. The van der Waals surface area contributed by atoms with E-state index >= 15 is 0 Å². The number of amides is 1. The van der Waals surface area contributed by atoms with E-state index in [9.17, 15) is 4.79 Å². The maximum Gasteiger partial charge on any atom is 0.258 e. The van der Waals surface area contributed by atoms with Crippen LogP contribution < -0.4 is 10.2 Å². The molecule has 1 aromatic rings. The zero-order valence-electron chi connectivity index (χ0n) is 10.7. The summed E-state index contributed by atoms with van der Waals surface area (Å²) >= 11 is 6.59. The first-order chi connectivity index (χ1) is 8.90. The monoisotopic (exact) mass is 292 g/mol. The van der Waals surface area contributed by atoms with Crippen molar-refractivity contribution in [1.29, 1.82) is 5.26 Å². The highest BCUT2D eigenvalue weighted by atomic mass is 32.2. The van der Waals surface area contributed by atoms with Crippen LogP contribution in [0.5, 0.6) is 0 Å². The lowest BCUT2D eigenvalue weighted by Crippen LogP contribution is -2.40. The summed E-state index contributed by atoms with van der Waals surface area (Å²) in [6.07, 6.45) is 3.35. The van der Waals surface area contributed by atoms with E-state index in [4.69, 9.17) is 17.5 Å². The normalized spacial score (nSPS) is 17.3. The molecule has 1 aliphatic heterocycles. The third-order valence-electron chi connectivity index (χ3n) is 2.78. The van der Waals surface area contributed by atoms with Gasteiger partial charge in [-0.3, -0.25) is 9.69 Å². The van der Waals surface area contributed by atoms with E-state index in [2.05, 4.69) is 10.3 Å². The van der Waals surface area contributed by atoms with Crippen molar-refractivity contribution in [2.24, 2.45) is 0 Å². The second kappa shape index (κ2) is 4.79. The zero-order chi connectivity index (χ0) is 14.2. The number of anilines is 1. The van der Waals surface area contributed by atoms with E-state index in [1.165, 1.54) is 22.9 Å². The van der Waals surface area contributed by atoms with E-state index < -0.39 is 5.54 Å². The molecule has 0 spiro atoms. The molecule has 1 saturated heterocycles. The predicted molar refractivity (Wildman–Crippen MR) is 78.0 cm³/mol. The average Bonchev–Trinajstić information content (AvgIpc) is 2.57. The molecule has 7 heteroatoms. The number of nitrogens with one attached hydrogen (secondary N) is 1. The van der Waals surface area contributed by atoms with Gasteiger partial charge in [0.05, 0.1) is 11.9 Å². The van der Waals surface area contributed by atoms with Crippen LogP contribution in [0.1, 0.15) is 19.5 Å². The van der Waals surface area contributed by atoms with Crippen LogP contribution in [0.15, 0.2) is 17.2 Å². The Morgan fingerprint density at radius 3 is 2.74 bits per heavy atom. The standard InChI is InChI=1S/C12H12N4OS2/c1-12(2)10(17)16(11(18)15-12)7-4-9(19-3)8(5-13)14-6-7/h4,6H,1-3H3,(H,15,18). The van der Waals surface area contributed by atoms with Gasteiger partial charge in [-0.2, -0.15) is 5.26 Å². The van der Waals surface area contributed by atoms with Crippen LogP contribution in [0, 0.1) is 11.3 Å². The second-order valence-corrected chi connectivity index (χ2v) is 5.79. The van der Waals surface area contributed by atoms with Gasteiger partial charge in [0.1, 0.15) is 11.6 Å². The molecule has 1 fully saturated rings. The molecule has 0 bridgehead atoms. The number of hydrogen-bond donors (Lipinski definition) is 1. The quantitative estimate of drug-likeness (QED) is 0.660. The van der Waals surface area contributed by atoms with Crippen LogP contribution in [0.25, 0.3) is 0 Å². The van der Waals surface area contributed by atoms with Crippen LogP contribution in [-0.2, 0) is 4.79 Å². The lowest BCUT2D eigenvalue weighted by molar-refractivity contribution is -0.120. The Labute approximate surface area is 121 Å². The second-order valence-electron chi connectivity index (χ2n) is 4.55. The fourth-order valence-corrected chi connectivity index (χ4v) is 2.75. The van der Waals surface area contributed by atoms with Gasteiger partial charge in [-0.15, -0.1) is 11.8 Å². The topological polar surface area (TPSA) is 69.0 Å². The summed E-state index contributed by atoms with van der Waals surface area (Å²) in [5.41, 5.74) is 0.210. The molecule has 0 aliphatic carbocycles. The van der Waals surface area contributed by atoms with Crippen molar-refractivity contribution in [2.45, 2.75) is 24.3 Å². The summed E-state index contributed by atoms with van der Waals surface area (Å²) in [6.45, 7) is 3.54. The number of carbonyl (C=O) groups excluding carboxylic acids is 1. The third kappa shape index (κ3) is 2.29. The van der Waals surface area contributed by atoms with E-state index in [1.54, 1.807) is 19.9 Å². The highest BCUT2D eigenvalue weighted by molar-refractivity contribution is 7.98. The number of rotatable bonds is 2. The minimum absolute atomic E-state index is 0.129. The van der Waals surface area contributed by atoms with Gasteiger partial charge >= 0.3 is 0 Å². The van der Waals surface area contributed by atoms with Crippen LogP contribution in [0.4, 0.5) is 5.69 Å². The molecule has 1 aromatic heterocycles. The molecule has 2 heterocycles. The number of thiocarbonyl (C=S) groups is 1. The molecule has 2 rings (SSSR count). The summed E-state index contributed by atoms with van der Waals surface area (Å²) in [6, 6.07) is 3.77. The van der Waals surface area contributed by atoms with E-state index in [0.29, 0.717) is 16.5 Å². The Bertz CT molecular complexity index is 606. The summed E-state index contributed by atoms with van der Waals surface area (Å²) in [5, 5.41) is 12.3. The smallest absolute Gasteiger partial charge is 0.258 e. The Kier molecular flexibility index (Phi) is 3.47. The van der Waals surface area contributed by atoms with Crippen LogP contribution in [0.2, 0.25) is 0 Å². The van der Waals surface area contributed by atoms with E-state index in [0.717, 1.165) is 4.90 Å². The Balaban J connectivity index is 2.46. The van der Waals surface area contributed by atoms with Crippen molar-refractivity contribution < 1.29 is 4.79 Å². The van der Waals surface area contributed by atoms with Gasteiger partial charge in [-0.1, -0.05) is 0 Å². The Morgan fingerprint density at radius 2 is 2.26 bits per heavy atom. The number of carbonyl (C=O) groups is 1. The van der Waals surface area contributed by atoms with Crippen molar-refractivity contribution in [2.75, 3.05) is 11.2 Å². The van der Waals surface area contributed by atoms with Crippen molar-refractivity contribution in [1.82, 2.24) is 10.3 Å². The summed E-state index contributed by atoms with van der Waals surface area (Å²) in [5.74, 6) is -0.129. The van der Waals surface area contributed by atoms with Crippen molar-refractivity contribution in [3.63, 3.8) is 0 Å². The van der Waals surface area contributed by atoms with Crippen LogP contribution in [0.3, 0.4) is 0 Å². The first kappa shape index (κ1) is 13.8. The molecule has 0 radical (unpaired) electrons. The molecule has 1 N–H and O–H groups in total. The number of hydrogen-bond acceptors (Lipinski definition) is 5. The predicted octanol–water partition coefficient (Wildman–Crippen LogP) is 1.67. The minimum atomic E-state index is -0.718. The molecule has 98 valence electrons. The van der Waals surface area contributed by atoms with Gasteiger partial charge in [0.15, 0.2) is 10.8 Å². The number of thioether (sulfide) groups is 1. The van der Waals surface area contributed by atoms with Crippen LogP contribution in [-0.4, -0.2) is 27.8 Å². The van der Waals surface area contributed by atoms with Gasteiger partial charge in [-0.25, -0.2) is 4.98 Å². The number of pyridine rings is 1. The molecule has 1 amide bonds. The van der Waals surface area contributed by atoms with Crippen molar-refractivity contribution in [3.05, 3.63) is 18.0 Å². The fraction of sp³-hybridized carbons (Fsp3) is 0.333. The van der Waals surface area contributed by atoms with E-state index in [-0.39, 0.29) is 5.91 Å². The molecule has 0 aromatic carbocycles. The highest BCUT2D eigenvalue weighted by Crippen LogP contribution is 2.28. The maximum absolute atomic E-state index is 12.3. The number of nitriles is 1.